The highest BCUT2D eigenvalue weighted by molar-refractivity contribution is 7.98. The molecule has 0 saturated heterocycles. The number of thioether (sulfide) groups is 1. The van der Waals surface area contributed by atoms with Crippen LogP contribution in [-0.2, 0) is 17.9 Å². The van der Waals surface area contributed by atoms with Crippen molar-refractivity contribution in [3.05, 3.63) is 89.1 Å². The number of anilines is 1. The van der Waals surface area contributed by atoms with Crippen molar-refractivity contribution < 1.29 is 4.74 Å². The molecule has 4 rings (SSSR count). The number of ether oxygens (including phenoxy) is 1. The second kappa shape index (κ2) is 13.6. The van der Waals surface area contributed by atoms with Gasteiger partial charge < -0.3 is 19.9 Å². The third-order valence-electron chi connectivity index (χ3n) is 6.65. The van der Waals surface area contributed by atoms with E-state index in [1.165, 1.54) is 22.4 Å². The SMILES string of the molecule is CC/C=C1/c2cnc(SC)nc2N(C)CCN1Cc1cccc(COC(CCNC)c2ccccc2)c1. The summed E-state index contributed by atoms with van der Waals surface area (Å²) in [5.74, 6) is 1.01. The average molecular weight is 518 g/mol. The fraction of sp³-hybridized carbons (Fsp3) is 0.400. The first-order chi connectivity index (χ1) is 18.1. The first kappa shape index (κ1) is 27.2. The molecular formula is C30H39N5OS. The number of aromatic nitrogens is 2. The Hall–Kier alpha value is -2.87. The lowest BCUT2D eigenvalue weighted by molar-refractivity contribution is 0.0343. The van der Waals surface area contributed by atoms with Gasteiger partial charge in [0.1, 0.15) is 5.82 Å². The van der Waals surface area contributed by atoms with Gasteiger partial charge in [-0.25, -0.2) is 9.97 Å². The van der Waals surface area contributed by atoms with E-state index in [1.54, 1.807) is 11.8 Å². The van der Waals surface area contributed by atoms with Crippen molar-refractivity contribution in [3.63, 3.8) is 0 Å². The van der Waals surface area contributed by atoms with Crippen LogP contribution in [0, 0.1) is 0 Å². The summed E-state index contributed by atoms with van der Waals surface area (Å²) in [6.45, 7) is 6.36. The third-order valence-corrected chi connectivity index (χ3v) is 7.22. The van der Waals surface area contributed by atoms with E-state index in [-0.39, 0.29) is 6.10 Å². The van der Waals surface area contributed by atoms with Gasteiger partial charge in [-0.3, -0.25) is 0 Å². The smallest absolute Gasteiger partial charge is 0.189 e. The summed E-state index contributed by atoms with van der Waals surface area (Å²) >= 11 is 1.58. The molecular weight excluding hydrogens is 478 g/mol. The number of rotatable bonds is 11. The normalized spacial score (nSPS) is 15.5. The van der Waals surface area contributed by atoms with Gasteiger partial charge in [-0.1, -0.05) is 79.4 Å². The summed E-state index contributed by atoms with van der Waals surface area (Å²) in [4.78, 5) is 14.2. The number of benzene rings is 2. The van der Waals surface area contributed by atoms with Crippen molar-refractivity contribution in [2.75, 3.05) is 44.9 Å². The van der Waals surface area contributed by atoms with Crippen molar-refractivity contribution >= 4 is 23.3 Å². The minimum atomic E-state index is 0.0696. The maximum atomic E-state index is 6.43. The molecule has 0 saturated carbocycles. The zero-order valence-corrected chi connectivity index (χ0v) is 23.3. The van der Waals surface area contributed by atoms with E-state index < -0.39 is 0 Å². The molecule has 37 heavy (non-hydrogen) atoms. The second-order valence-corrected chi connectivity index (χ2v) is 10.1. The van der Waals surface area contributed by atoms with Crippen molar-refractivity contribution in [1.29, 1.82) is 0 Å². The Morgan fingerprint density at radius 1 is 1.11 bits per heavy atom. The van der Waals surface area contributed by atoms with Crippen LogP contribution in [0.25, 0.3) is 5.70 Å². The topological polar surface area (TPSA) is 53.5 Å². The Bertz CT molecular complexity index is 1170. The molecule has 1 aliphatic heterocycles. The molecule has 0 amide bonds. The molecule has 0 fully saturated rings. The van der Waals surface area contributed by atoms with Gasteiger partial charge in [0, 0.05) is 38.6 Å². The van der Waals surface area contributed by atoms with Gasteiger partial charge in [0.2, 0.25) is 0 Å². The first-order valence-electron chi connectivity index (χ1n) is 13.1. The van der Waals surface area contributed by atoms with Crippen molar-refractivity contribution in [1.82, 2.24) is 20.2 Å². The zero-order chi connectivity index (χ0) is 26.0. The van der Waals surface area contributed by atoms with E-state index in [1.807, 2.05) is 19.5 Å². The van der Waals surface area contributed by atoms with Crippen LogP contribution in [0.3, 0.4) is 0 Å². The highest BCUT2D eigenvalue weighted by Crippen LogP contribution is 2.32. The first-order valence-corrected chi connectivity index (χ1v) is 14.3. The van der Waals surface area contributed by atoms with Crippen LogP contribution in [0.1, 0.15) is 48.1 Å². The third kappa shape index (κ3) is 7.12. The van der Waals surface area contributed by atoms with Crippen LogP contribution in [-0.4, -0.2) is 54.9 Å². The van der Waals surface area contributed by atoms with Crippen molar-refractivity contribution in [2.45, 2.75) is 44.2 Å². The monoisotopic (exact) mass is 517 g/mol. The number of likely N-dealkylation sites (N-methyl/N-ethyl adjacent to an activating group) is 1. The summed E-state index contributed by atoms with van der Waals surface area (Å²) in [6, 6.07) is 19.3. The molecule has 3 aromatic rings. The predicted octanol–water partition coefficient (Wildman–Crippen LogP) is 5.77. The highest BCUT2D eigenvalue weighted by Gasteiger charge is 2.24. The maximum absolute atomic E-state index is 6.43. The molecule has 1 aliphatic rings. The maximum Gasteiger partial charge on any atom is 0.189 e. The number of hydrogen-bond acceptors (Lipinski definition) is 7. The number of allylic oxidation sites excluding steroid dienone is 1. The van der Waals surface area contributed by atoms with E-state index in [0.717, 1.165) is 55.6 Å². The van der Waals surface area contributed by atoms with E-state index in [0.29, 0.717) is 6.61 Å². The largest absolute Gasteiger partial charge is 0.369 e. The van der Waals surface area contributed by atoms with Gasteiger partial charge in [-0.15, -0.1) is 0 Å². The van der Waals surface area contributed by atoms with Crippen LogP contribution in [0.15, 0.2) is 72.0 Å². The number of fused-ring (bicyclic) bond motifs is 1. The fourth-order valence-corrected chi connectivity index (χ4v) is 5.05. The summed E-state index contributed by atoms with van der Waals surface area (Å²) in [7, 11) is 4.11. The van der Waals surface area contributed by atoms with Gasteiger partial charge in [-0.05, 0) is 49.4 Å². The Morgan fingerprint density at radius 3 is 2.68 bits per heavy atom. The van der Waals surface area contributed by atoms with Gasteiger partial charge in [0.15, 0.2) is 5.16 Å². The molecule has 0 bridgehead atoms. The van der Waals surface area contributed by atoms with Crippen LogP contribution in [0.5, 0.6) is 0 Å². The lowest BCUT2D eigenvalue weighted by atomic mass is 10.1. The number of nitrogens with one attached hydrogen (secondary N) is 1. The summed E-state index contributed by atoms with van der Waals surface area (Å²) in [5.41, 5.74) is 6.02. The Kier molecular flexibility index (Phi) is 9.99. The Labute approximate surface area is 226 Å². The highest BCUT2D eigenvalue weighted by atomic mass is 32.2. The molecule has 7 heteroatoms. The molecule has 6 nitrogen and oxygen atoms in total. The van der Waals surface area contributed by atoms with Gasteiger partial charge >= 0.3 is 0 Å². The lowest BCUT2D eigenvalue weighted by Gasteiger charge is -2.26. The van der Waals surface area contributed by atoms with E-state index in [9.17, 15) is 0 Å². The van der Waals surface area contributed by atoms with Crippen LogP contribution < -0.4 is 10.2 Å². The van der Waals surface area contributed by atoms with E-state index in [2.05, 4.69) is 94.7 Å². The van der Waals surface area contributed by atoms with Crippen LogP contribution in [0.4, 0.5) is 5.82 Å². The van der Waals surface area contributed by atoms with E-state index >= 15 is 0 Å². The molecule has 1 unspecified atom stereocenters. The second-order valence-electron chi connectivity index (χ2n) is 9.36. The Balaban J connectivity index is 1.51. The minimum absolute atomic E-state index is 0.0696. The van der Waals surface area contributed by atoms with Gasteiger partial charge in [0.05, 0.1) is 18.3 Å². The minimum Gasteiger partial charge on any atom is -0.369 e. The van der Waals surface area contributed by atoms with Crippen molar-refractivity contribution in [2.24, 2.45) is 0 Å². The number of hydrogen-bond donors (Lipinski definition) is 1. The van der Waals surface area contributed by atoms with Gasteiger partial charge in [0.25, 0.3) is 0 Å². The molecule has 0 aliphatic carbocycles. The molecule has 196 valence electrons. The summed E-state index contributed by atoms with van der Waals surface area (Å²) < 4.78 is 6.43. The summed E-state index contributed by atoms with van der Waals surface area (Å²) in [5, 5.41) is 4.06. The van der Waals surface area contributed by atoms with Crippen molar-refractivity contribution in [3.8, 4) is 0 Å². The van der Waals surface area contributed by atoms with Gasteiger partial charge in [-0.2, -0.15) is 0 Å². The number of nitrogens with zero attached hydrogens (tertiary/aromatic N) is 4. The lowest BCUT2D eigenvalue weighted by Crippen LogP contribution is -2.28. The molecule has 1 aromatic heterocycles. The average Bonchev–Trinajstić information content (AvgIpc) is 3.06. The van der Waals surface area contributed by atoms with E-state index in [4.69, 9.17) is 9.72 Å². The molecule has 2 aromatic carbocycles. The molecule has 0 radical (unpaired) electrons. The molecule has 1 N–H and O–H groups in total. The zero-order valence-electron chi connectivity index (χ0n) is 22.5. The molecule has 0 spiro atoms. The predicted molar refractivity (Wildman–Crippen MR) is 155 cm³/mol. The molecule has 2 heterocycles. The van der Waals surface area contributed by atoms with Crippen LogP contribution in [0.2, 0.25) is 0 Å². The summed E-state index contributed by atoms with van der Waals surface area (Å²) in [6.07, 6.45) is 8.28. The standard InChI is InChI=1S/C30H39N5OS/c1-5-10-27-26-20-32-30(37-4)33-29(26)34(3)17-18-35(27)21-23-11-9-12-24(19-23)22-36-28(15-16-31-2)25-13-7-6-8-14-25/h6-14,19-20,28,31H,5,15-18,21-22H2,1-4H3/b27-10-. The quantitative estimate of drug-likeness (QED) is 0.256. The fourth-order valence-electron chi connectivity index (χ4n) is 4.72. The Morgan fingerprint density at radius 2 is 1.92 bits per heavy atom. The molecule has 1 atom stereocenters. The van der Waals surface area contributed by atoms with Crippen LogP contribution >= 0.6 is 11.8 Å².